The Morgan fingerprint density at radius 1 is 0.585 bits per heavy atom. The van der Waals surface area contributed by atoms with Crippen molar-refractivity contribution < 1.29 is 88.7 Å². The van der Waals surface area contributed by atoms with E-state index in [1.807, 2.05) is 0 Å². The van der Waals surface area contributed by atoms with Gasteiger partial charge in [-0.2, -0.15) is 0 Å². The van der Waals surface area contributed by atoms with Crippen molar-refractivity contribution in [1.29, 1.82) is 0 Å². The minimum atomic E-state index is -4.65. The number of phosphoric acid groups is 2. The van der Waals surface area contributed by atoms with Gasteiger partial charge in [-0.3, -0.25) is 19.2 Å². The van der Waals surface area contributed by atoms with Crippen LogP contribution in [0.2, 0.25) is 0 Å². The Morgan fingerprint density at radius 3 is 1.38 bits per heavy atom. The first-order chi connectivity index (χ1) is 25.1. The van der Waals surface area contributed by atoms with E-state index < -0.39 is 78.3 Å². The van der Waals surface area contributed by atoms with E-state index >= 15 is 0 Å². The Morgan fingerprint density at radius 2 is 0.981 bits per heavy atom. The van der Waals surface area contributed by atoms with Gasteiger partial charge < -0.3 is 37.5 Å². The number of esters is 5. The Bertz CT molecular complexity index is 1870. The van der Waals surface area contributed by atoms with Crippen LogP contribution in [0.3, 0.4) is 0 Å². The second-order valence-electron chi connectivity index (χ2n) is 10.6. The van der Waals surface area contributed by atoms with Crippen molar-refractivity contribution in [3.05, 3.63) is 82.9 Å². The standard InChI is InChI=1S/C32H30O19P2/c1-19(33)40-15-44-52(38,45-16-41-20(2)34)50-23-9-11-27-29(13-23)48-30-14-24(51-53(39,46-17-42-21(3)35)47-18-43-22(4)36)10-12-28(30)32(27)26-8-6-5-7-25(26)31(37)49-32/h5-14H,15-18H2,1-4H3. The van der Waals surface area contributed by atoms with Crippen LogP contribution >= 0.6 is 15.6 Å². The maximum atomic E-state index is 13.5. The molecule has 282 valence electrons. The predicted molar refractivity (Wildman–Crippen MR) is 172 cm³/mol. The highest BCUT2D eigenvalue weighted by Gasteiger charge is 2.54. The highest BCUT2D eigenvalue weighted by molar-refractivity contribution is 7.49. The third-order valence-electron chi connectivity index (χ3n) is 6.98. The lowest BCUT2D eigenvalue weighted by atomic mass is 9.77. The number of hydrogen-bond donors (Lipinski definition) is 0. The van der Waals surface area contributed by atoms with Crippen molar-refractivity contribution in [2.24, 2.45) is 0 Å². The number of rotatable bonds is 16. The Kier molecular flexibility index (Phi) is 11.9. The topological polar surface area (TPSA) is 230 Å². The molecule has 53 heavy (non-hydrogen) atoms. The molecule has 2 heterocycles. The maximum Gasteiger partial charge on any atom is 0.535 e. The van der Waals surface area contributed by atoms with Gasteiger partial charge in [0.05, 0.1) is 5.56 Å². The van der Waals surface area contributed by atoms with Gasteiger partial charge in [0.15, 0.2) is 5.60 Å². The molecule has 0 amide bonds. The van der Waals surface area contributed by atoms with Crippen LogP contribution in [0.4, 0.5) is 0 Å². The first kappa shape index (κ1) is 38.9. The van der Waals surface area contributed by atoms with Gasteiger partial charge in [-0.15, -0.1) is 0 Å². The van der Waals surface area contributed by atoms with Crippen LogP contribution < -0.4 is 13.8 Å². The van der Waals surface area contributed by atoms with Gasteiger partial charge in [0.2, 0.25) is 27.2 Å². The Hall–Kier alpha value is -5.29. The molecule has 0 saturated carbocycles. The highest BCUT2D eigenvalue weighted by Crippen LogP contribution is 2.59. The van der Waals surface area contributed by atoms with Crippen LogP contribution in [0.15, 0.2) is 60.7 Å². The van der Waals surface area contributed by atoms with Crippen LogP contribution in [-0.2, 0) is 75.7 Å². The molecule has 0 radical (unpaired) electrons. The number of ether oxygens (including phenoxy) is 6. The highest BCUT2D eigenvalue weighted by atomic mass is 31.2. The summed E-state index contributed by atoms with van der Waals surface area (Å²) < 4.78 is 89.3. The summed E-state index contributed by atoms with van der Waals surface area (Å²) in [7, 11) is -9.30. The van der Waals surface area contributed by atoms with Gasteiger partial charge in [-0.1, -0.05) is 18.2 Å². The van der Waals surface area contributed by atoms with Crippen molar-refractivity contribution in [2.75, 3.05) is 27.2 Å². The van der Waals surface area contributed by atoms with Crippen LogP contribution in [0, 0.1) is 0 Å². The van der Waals surface area contributed by atoms with Gasteiger partial charge in [0.1, 0.15) is 23.0 Å². The third kappa shape index (κ3) is 9.21. The molecule has 0 bridgehead atoms. The molecule has 19 nitrogen and oxygen atoms in total. The summed E-state index contributed by atoms with van der Waals surface area (Å²) in [5.74, 6) is -4.12. The summed E-state index contributed by atoms with van der Waals surface area (Å²) in [6, 6.07) is 14.7. The fraction of sp³-hybridized carbons (Fsp3) is 0.281. The average Bonchev–Trinajstić information content (AvgIpc) is 3.36. The van der Waals surface area contributed by atoms with E-state index in [9.17, 15) is 33.1 Å². The molecule has 0 atom stereocenters. The Balaban J connectivity index is 1.53. The van der Waals surface area contributed by atoms with Gasteiger partial charge >= 0.3 is 45.5 Å². The van der Waals surface area contributed by atoms with Gasteiger partial charge in [-0.25, -0.2) is 32.0 Å². The molecule has 5 rings (SSSR count). The number of carbonyl (C=O) groups excluding carboxylic acids is 5. The van der Waals surface area contributed by atoms with Gasteiger partial charge in [0, 0.05) is 56.5 Å². The van der Waals surface area contributed by atoms with Crippen molar-refractivity contribution >= 4 is 45.5 Å². The van der Waals surface area contributed by atoms with Crippen molar-refractivity contribution in [1.82, 2.24) is 0 Å². The number of benzene rings is 3. The molecule has 0 fully saturated rings. The summed E-state index contributed by atoms with van der Waals surface area (Å²) >= 11 is 0. The minimum Gasteiger partial charge on any atom is -0.456 e. The Labute approximate surface area is 300 Å². The fourth-order valence-electron chi connectivity index (χ4n) is 4.88. The van der Waals surface area contributed by atoms with E-state index in [1.54, 1.807) is 24.3 Å². The monoisotopic (exact) mass is 780 g/mol. The predicted octanol–water partition coefficient (Wildman–Crippen LogP) is 5.38. The number of carbonyl (C=O) groups is 5. The van der Waals surface area contributed by atoms with Crippen molar-refractivity contribution in [3.63, 3.8) is 0 Å². The van der Waals surface area contributed by atoms with Gasteiger partial charge in [0.25, 0.3) is 0 Å². The van der Waals surface area contributed by atoms with Crippen LogP contribution in [0.25, 0.3) is 0 Å². The molecule has 3 aromatic carbocycles. The van der Waals surface area contributed by atoms with E-state index in [4.69, 9.17) is 36.6 Å². The van der Waals surface area contributed by atoms with E-state index in [2.05, 4.69) is 18.9 Å². The van der Waals surface area contributed by atoms with Crippen molar-refractivity contribution in [2.45, 2.75) is 33.3 Å². The average molecular weight is 781 g/mol. The lowest BCUT2D eigenvalue weighted by Gasteiger charge is -2.36. The van der Waals surface area contributed by atoms with Crippen LogP contribution in [-0.4, -0.2) is 57.0 Å². The lowest BCUT2D eigenvalue weighted by molar-refractivity contribution is -0.152. The molecule has 2 aliphatic heterocycles. The smallest absolute Gasteiger partial charge is 0.456 e. The summed E-state index contributed by atoms with van der Waals surface area (Å²) in [6.07, 6.45) is 0. The zero-order valence-electron chi connectivity index (χ0n) is 28.3. The van der Waals surface area contributed by atoms with Gasteiger partial charge in [-0.05, 0) is 30.3 Å². The number of phosphoric ester groups is 2. The minimum absolute atomic E-state index is 0.0106. The number of hydrogen-bond acceptors (Lipinski definition) is 19. The fourth-order valence-corrected chi connectivity index (χ4v) is 6.71. The molecule has 0 saturated heterocycles. The first-order valence-corrected chi connectivity index (χ1v) is 18.1. The van der Waals surface area contributed by atoms with Crippen LogP contribution in [0.5, 0.6) is 23.0 Å². The quantitative estimate of drug-likeness (QED) is 0.0769. The molecule has 2 aliphatic rings. The first-order valence-electron chi connectivity index (χ1n) is 15.1. The molecule has 0 aliphatic carbocycles. The largest absolute Gasteiger partial charge is 0.535 e. The molecular formula is C32H30O19P2. The van der Waals surface area contributed by atoms with E-state index in [0.29, 0.717) is 16.7 Å². The zero-order chi connectivity index (χ0) is 38.4. The summed E-state index contributed by atoms with van der Waals surface area (Å²) in [4.78, 5) is 58.3. The second-order valence-corrected chi connectivity index (χ2v) is 13.8. The second kappa shape index (κ2) is 16.2. The van der Waals surface area contributed by atoms with E-state index in [0.717, 1.165) is 27.7 Å². The molecule has 3 aromatic rings. The normalized spacial score (nSPS) is 13.7. The molecule has 0 N–H and O–H groups in total. The summed E-state index contributed by atoms with van der Waals surface area (Å²) in [5.41, 5.74) is -0.368. The lowest BCUT2D eigenvalue weighted by Crippen LogP contribution is -2.33. The SMILES string of the molecule is CC(=O)OCOP(=O)(OCOC(C)=O)Oc1ccc2c(c1)Oc1cc(OP(=O)(OCOC(C)=O)OCOC(C)=O)ccc1C21OC(=O)c2ccccc21. The van der Waals surface area contributed by atoms with E-state index in [1.165, 1.54) is 36.4 Å². The van der Waals surface area contributed by atoms with Crippen molar-refractivity contribution in [3.8, 4) is 23.0 Å². The zero-order valence-corrected chi connectivity index (χ0v) is 30.0. The molecular weight excluding hydrogens is 750 g/mol. The summed E-state index contributed by atoms with van der Waals surface area (Å²) in [6.45, 7) is 0.936. The number of fused-ring (bicyclic) bond motifs is 6. The molecule has 0 unspecified atom stereocenters. The third-order valence-corrected chi connectivity index (χ3v) is 9.54. The van der Waals surface area contributed by atoms with Crippen LogP contribution in [0.1, 0.15) is 54.7 Å². The molecule has 1 spiro atoms. The molecule has 0 aromatic heterocycles. The maximum absolute atomic E-state index is 13.5. The summed E-state index contributed by atoms with van der Waals surface area (Å²) in [5, 5.41) is 0. The van der Waals surface area contributed by atoms with E-state index in [-0.39, 0.29) is 28.6 Å². The molecule has 21 heteroatoms.